The van der Waals surface area contributed by atoms with Crippen LogP contribution in [-0.2, 0) is 4.74 Å². The monoisotopic (exact) mass is 337 g/mol. The van der Waals surface area contributed by atoms with Crippen LogP contribution in [-0.4, -0.2) is 18.1 Å². The Bertz CT molecular complexity index is 840. The van der Waals surface area contributed by atoms with Gasteiger partial charge in [0.05, 0.1) is 12.7 Å². The molecule has 0 bridgehead atoms. The Morgan fingerprint density at radius 1 is 1.08 bits per heavy atom. The van der Waals surface area contributed by atoms with Crippen molar-refractivity contribution in [1.82, 2.24) is 4.98 Å². The molecule has 3 rings (SSSR count). The van der Waals surface area contributed by atoms with Gasteiger partial charge in [0.2, 0.25) is 0 Å². The molecule has 1 N–H and O–H groups in total. The number of esters is 1. The molecule has 2 aromatic rings. The van der Waals surface area contributed by atoms with Crippen LogP contribution in [0.3, 0.4) is 0 Å². The van der Waals surface area contributed by atoms with Crippen LogP contribution in [0.5, 0.6) is 0 Å². The Labute approximate surface area is 147 Å². The third-order valence-electron chi connectivity index (χ3n) is 4.82. The van der Waals surface area contributed by atoms with Crippen molar-refractivity contribution in [2.75, 3.05) is 7.11 Å². The summed E-state index contributed by atoms with van der Waals surface area (Å²) in [4.78, 5) is 26.7. The van der Waals surface area contributed by atoms with Gasteiger partial charge in [-0.05, 0) is 49.4 Å². The average Bonchev–Trinajstić information content (AvgIpc) is 3.15. The summed E-state index contributed by atoms with van der Waals surface area (Å²) in [6, 6.07) is 11.1. The minimum Gasteiger partial charge on any atom is -0.465 e. The van der Waals surface area contributed by atoms with Crippen molar-refractivity contribution in [1.29, 1.82) is 0 Å². The van der Waals surface area contributed by atoms with Gasteiger partial charge >= 0.3 is 5.97 Å². The predicted octanol–water partition coefficient (Wildman–Crippen LogP) is 4.09. The van der Waals surface area contributed by atoms with Crippen LogP contribution in [0.15, 0.2) is 47.3 Å². The minimum atomic E-state index is -0.350. The van der Waals surface area contributed by atoms with E-state index in [0.29, 0.717) is 17.0 Å². The summed E-state index contributed by atoms with van der Waals surface area (Å²) in [5.41, 5.74) is 3.96. The smallest absolute Gasteiger partial charge is 0.337 e. The second kappa shape index (κ2) is 7.51. The number of aromatic nitrogens is 1. The molecule has 1 heterocycles. The lowest BCUT2D eigenvalue weighted by Gasteiger charge is -2.12. The predicted molar refractivity (Wildman–Crippen MR) is 98.6 cm³/mol. The fraction of sp³-hybridized carbons (Fsp3) is 0.333. The van der Waals surface area contributed by atoms with Gasteiger partial charge in [-0.3, -0.25) is 4.79 Å². The van der Waals surface area contributed by atoms with Crippen LogP contribution in [0.2, 0.25) is 0 Å². The van der Waals surface area contributed by atoms with Gasteiger partial charge in [-0.25, -0.2) is 4.79 Å². The summed E-state index contributed by atoms with van der Waals surface area (Å²) in [5, 5.41) is 0. The second-order valence-electron chi connectivity index (χ2n) is 6.58. The molecule has 1 fully saturated rings. The zero-order valence-electron chi connectivity index (χ0n) is 14.7. The highest BCUT2D eigenvalue weighted by atomic mass is 16.5. The number of aryl methyl sites for hydroxylation is 1. The number of pyridine rings is 1. The van der Waals surface area contributed by atoms with E-state index in [-0.39, 0.29) is 11.5 Å². The van der Waals surface area contributed by atoms with Gasteiger partial charge in [0, 0.05) is 16.8 Å². The van der Waals surface area contributed by atoms with Gasteiger partial charge in [0.25, 0.3) is 5.56 Å². The van der Waals surface area contributed by atoms with E-state index in [4.69, 9.17) is 4.74 Å². The molecule has 1 aromatic carbocycles. The first kappa shape index (κ1) is 17.2. The molecule has 4 heteroatoms. The van der Waals surface area contributed by atoms with Gasteiger partial charge in [-0.1, -0.05) is 37.1 Å². The third-order valence-corrected chi connectivity index (χ3v) is 4.82. The van der Waals surface area contributed by atoms with E-state index < -0.39 is 0 Å². The van der Waals surface area contributed by atoms with Crippen LogP contribution < -0.4 is 5.56 Å². The molecule has 0 spiro atoms. The van der Waals surface area contributed by atoms with E-state index in [1.807, 2.05) is 24.3 Å². The van der Waals surface area contributed by atoms with Crippen molar-refractivity contribution in [2.45, 2.75) is 32.6 Å². The van der Waals surface area contributed by atoms with Crippen molar-refractivity contribution in [3.05, 3.63) is 75.2 Å². The second-order valence-corrected chi connectivity index (χ2v) is 6.58. The van der Waals surface area contributed by atoms with Crippen LogP contribution >= 0.6 is 0 Å². The highest BCUT2D eigenvalue weighted by molar-refractivity contribution is 5.90. The summed E-state index contributed by atoms with van der Waals surface area (Å²) in [5.74, 6) is 0.178. The molecule has 4 nitrogen and oxygen atoms in total. The summed E-state index contributed by atoms with van der Waals surface area (Å²) in [6.45, 7) is 1.80. The number of nitrogens with one attached hydrogen (secondary N) is 1. The highest BCUT2D eigenvalue weighted by Gasteiger charge is 2.16. The molecule has 0 atom stereocenters. The topological polar surface area (TPSA) is 59.2 Å². The first-order valence-corrected chi connectivity index (χ1v) is 8.69. The Morgan fingerprint density at radius 2 is 1.72 bits per heavy atom. The standard InChI is InChI=1S/C21H23NO3/c1-14-7-12-19(22-20(14)23)18(13-15-5-3-4-6-15)16-8-10-17(11-9-16)21(24)25-2/h7-13,15H,3-6H2,1-2H3,(H,22,23)/b18-13+. The fourth-order valence-corrected chi connectivity index (χ4v) is 3.31. The zero-order valence-corrected chi connectivity index (χ0v) is 14.7. The van der Waals surface area contributed by atoms with Gasteiger partial charge in [0.1, 0.15) is 0 Å². The molecular weight excluding hydrogens is 314 g/mol. The van der Waals surface area contributed by atoms with Gasteiger partial charge < -0.3 is 9.72 Å². The SMILES string of the molecule is COC(=O)c1ccc(/C(=C\C2CCCC2)c2ccc(C)c(=O)[nH]2)cc1. The maximum absolute atomic E-state index is 12.1. The van der Waals surface area contributed by atoms with Crippen molar-refractivity contribution in [3.8, 4) is 0 Å². The van der Waals surface area contributed by atoms with Crippen LogP contribution in [0.4, 0.5) is 0 Å². The molecule has 0 aliphatic heterocycles. The van der Waals surface area contributed by atoms with E-state index in [2.05, 4.69) is 11.1 Å². The largest absolute Gasteiger partial charge is 0.465 e. The number of allylic oxidation sites excluding steroid dienone is 1. The Kier molecular flexibility index (Phi) is 5.17. The molecule has 1 aliphatic carbocycles. The normalized spacial score (nSPS) is 15.4. The lowest BCUT2D eigenvalue weighted by Crippen LogP contribution is -2.11. The first-order valence-electron chi connectivity index (χ1n) is 8.69. The number of H-pyrrole nitrogens is 1. The number of carbonyl (C=O) groups excluding carboxylic acids is 1. The van der Waals surface area contributed by atoms with Crippen molar-refractivity contribution in [3.63, 3.8) is 0 Å². The van der Waals surface area contributed by atoms with Crippen LogP contribution in [0.25, 0.3) is 5.57 Å². The van der Waals surface area contributed by atoms with E-state index in [1.165, 1.54) is 32.8 Å². The maximum atomic E-state index is 12.1. The summed E-state index contributed by atoms with van der Waals surface area (Å²) in [6.07, 6.45) is 7.13. The molecule has 1 aliphatic rings. The quantitative estimate of drug-likeness (QED) is 0.855. The van der Waals surface area contributed by atoms with Gasteiger partial charge in [-0.2, -0.15) is 0 Å². The zero-order chi connectivity index (χ0) is 17.8. The summed E-state index contributed by atoms with van der Waals surface area (Å²) in [7, 11) is 1.37. The van der Waals surface area contributed by atoms with Crippen molar-refractivity contribution >= 4 is 11.5 Å². The van der Waals surface area contributed by atoms with Crippen molar-refractivity contribution in [2.24, 2.45) is 5.92 Å². The van der Waals surface area contributed by atoms with Gasteiger partial charge in [0.15, 0.2) is 0 Å². The number of rotatable bonds is 4. The fourth-order valence-electron chi connectivity index (χ4n) is 3.31. The molecule has 25 heavy (non-hydrogen) atoms. The number of hydrogen-bond acceptors (Lipinski definition) is 3. The number of ether oxygens (including phenoxy) is 1. The molecule has 0 unspecified atom stereocenters. The third kappa shape index (κ3) is 3.90. The van der Waals surface area contributed by atoms with E-state index in [0.717, 1.165) is 16.8 Å². The lowest BCUT2D eigenvalue weighted by molar-refractivity contribution is 0.0600. The molecular formula is C21H23NO3. The number of aromatic amines is 1. The van der Waals surface area contributed by atoms with E-state index in [9.17, 15) is 9.59 Å². The molecule has 1 aromatic heterocycles. The molecule has 130 valence electrons. The first-order chi connectivity index (χ1) is 12.1. The summed E-state index contributed by atoms with van der Waals surface area (Å²) >= 11 is 0. The number of benzene rings is 1. The molecule has 1 saturated carbocycles. The number of carbonyl (C=O) groups is 1. The summed E-state index contributed by atoms with van der Waals surface area (Å²) < 4.78 is 4.76. The number of hydrogen-bond donors (Lipinski definition) is 1. The number of methoxy groups -OCH3 is 1. The molecule has 0 radical (unpaired) electrons. The highest BCUT2D eigenvalue weighted by Crippen LogP contribution is 2.31. The lowest BCUT2D eigenvalue weighted by atomic mass is 9.95. The molecule has 0 amide bonds. The maximum Gasteiger partial charge on any atom is 0.337 e. The average molecular weight is 337 g/mol. The van der Waals surface area contributed by atoms with Gasteiger partial charge in [-0.15, -0.1) is 0 Å². The van der Waals surface area contributed by atoms with E-state index >= 15 is 0 Å². The minimum absolute atomic E-state index is 0.0685. The Balaban J connectivity index is 2.02. The Hall–Kier alpha value is -2.62. The van der Waals surface area contributed by atoms with Crippen LogP contribution in [0.1, 0.15) is 52.9 Å². The molecule has 0 saturated heterocycles. The van der Waals surface area contributed by atoms with Crippen molar-refractivity contribution < 1.29 is 9.53 Å². The van der Waals surface area contributed by atoms with E-state index in [1.54, 1.807) is 19.1 Å². The Morgan fingerprint density at radius 3 is 2.32 bits per heavy atom. The van der Waals surface area contributed by atoms with Crippen LogP contribution in [0, 0.1) is 12.8 Å².